The van der Waals surface area contributed by atoms with Crippen molar-refractivity contribution in [2.75, 3.05) is 32.1 Å². The average Bonchev–Trinajstić information content (AvgIpc) is 2.13. The molecule has 1 aliphatic heterocycles. The Kier molecular flexibility index (Phi) is 4.37. The Hall–Kier alpha value is -0.130. The molecule has 1 unspecified atom stereocenters. The Balaban J connectivity index is 2.44. The SMILES string of the molecule is CN(C)C(C)(C)CNC1CCCS(=O)(=O)C1. The van der Waals surface area contributed by atoms with Gasteiger partial charge in [-0.3, -0.25) is 0 Å². The van der Waals surface area contributed by atoms with Crippen molar-refractivity contribution in [3.8, 4) is 0 Å². The molecule has 1 rings (SSSR count). The summed E-state index contributed by atoms with van der Waals surface area (Å²) >= 11 is 0. The molecule has 1 atom stereocenters. The maximum absolute atomic E-state index is 11.5. The number of likely N-dealkylation sites (N-methyl/N-ethyl adjacent to an activating group) is 1. The van der Waals surface area contributed by atoms with E-state index < -0.39 is 9.84 Å². The monoisotopic (exact) mass is 248 g/mol. The van der Waals surface area contributed by atoms with Crippen molar-refractivity contribution in [2.24, 2.45) is 0 Å². The Morgan fingerprint density at radius 3 is 2.50 bits per heavy atom. The molecule has 1 aliphatic rings. The van der Waals surface area contributed by atoms with Gasteiger partial charge in [0.05, 0.1) is 11.5 Å². The van der Waals surface area contributed by atoms with Gasteiger partial charge in [0.1, 0.15) is 0 Å². The first-order valence-electron chi connectivity index (χ1n) is 5.84. The molecule has 0 bridgehead atoms. The zero-order valence-corrected chi connectivity index (χ0v) is 11.6. The van der Waals surface area contributed by atoms with Crippen LogP contribution in [0.5, 0.6) is 0 Å². The molecule has 0 aromatic heterocycles. The third-order valence-corrected chi connectivity index (χ3v) is 5.32. The molecule has 0 radical (unpaired) electrons. The molecule has 5 heteroatoms. The number of hydrogen-bond acceptors (Lipinski definition) is 4. The lowest BCUT2D eigenvalue weighted by Gasteiger charge is -2.35. The Morgan fingerprint density at radius 2 is 2.00 bits per heavy atom. The highest BCUT2D eigenvalue weighted by atomic mass is 32.2. The van der Waals surface area contributed by atoms with Gasteiger partial charge in [0.25, 0.3) is 0 Å². The largest absolute Gasteiger partial charge is 0.311 e. The van der Waals surface area contributed by atoms with E-state index in [2.05, 4.69) is 24.1 Å². The van der Waals surface area contributed by atoms with Gasteiger partial charge in [-0.2, -0.15) is 0 Å². The summed E-state index contributed by atoms with van der Waals surface area (Å²) in [6.45, 7) is 5.12. The number of sulfone groups is 1. The third kappa shape index (κ3) is 4.03. The molecule has 1 N–H and O–H groups in total. The quantitative estimate of drug-likeness (QED) is 0.787. The molecular weight excluding hydrogens is 224 g/mol. The lowest BCUT2D eigenvalue weighted by atomic mass is 10.0. The molecule has 0 saturated carbocycles. The maximum Gasteiger partial charge on any atom is 0.151 e. The number of rotatable bonds is 4. The molecule has 0 aromatic carbocycles. The van der Waals surface area contributed by atoms with Gasteiger partial charge in [-0.1, -0.05) is 0 Å². The number of nitrogens with one attached hydrogen (secondary N) is 1. The van der Waals surface area contributed by atoms with E-state index in [1.807, 2.05) is 14.1 Å². The molecule has 1 saturated heterocycles. The smallest absolute Gasteiger partial charge is 0.151 e. The van der Waals surface area contributed by atoms with E-state index in [0.29, 0.717) is 11.5 Å². The van der Waals surface area contributed by atoms with Crippen molar-refractivity contribution in [1.82, 2.24) is 10.2 Å². The second-order valence-corrected chi connectivity index (χ2v) is 7.77. The van der Waals surface area contributed by atoms with Crippen molar-refractivity contribution < 1.29 is 8.42 Å². The van der Waals surface area contributed by atoms with Crippen molar-refractivity contribution >= 4 is 9.84 Å². The van der Waals surface area contributed by atoms with E-state index in [9.17, 15) is 8.42 Å². The fourth-order valence-corrected chi connectivity index (χ4v) is 3.41. The van der Waals surface area contributed by atoms with Gasteiger partial charge in [0.2, 0.25) is 0 Å². The highest BCUT2D eigenvalue weighted by Crippen LogP contribution is 2.14. The summed E-state index contributed by atoms with van der Waals surface area (Å²) in [5.41, 5.74) is 0.0568. The second-order valence-electron chi connectivity index (χ2n) is 5.54. The zero-order valence-electron chi connectivity index (χ0n) is 10.8. The summed E-state index contributed by atoms with van der Waals surface area (Å²) in [5.74, 6) is 0.665. The Morgan fingerprint density at radius 1 is 1.38 bits per heavy atom. The van der Waals surface area contributed by atoms with Gasteiger partial charge in [0, 0.05) is 18.1 Å². The number of nitrogens with zero attached hydrogens (tertiary/aromatic N) is 1. The molecule has 0 aromatic rings. The van der Waals surface area contributed by atoms with Gasteiger partial charge < -0.3 is 10.2 Å². The minimum atomic E-state index is -2.80. The number of hydrogen-bond donors (Lipinski definition) is 1. The van der Waals surface area contributed by atoms with E-state index in [1.54, 1.807) is 0 Å². The first-order valence-corrected chi connectivity index (χ1v) is 7.66. The van der Waals surface area contributed by atoms with Crippen LogP contribution in [0.25, 0.3) is 0 Å². The van der Waals surface area contributed by atoms with Crippen LogP contribution >= 0.6 is 0 Å². The first-order chi connectivity index (χ1) is 7.23. The van der Waals surface area contributed by atoms with Crippen LogP contribution in [-0.4, -0.2) is 57.0 Å². The zero-order chi connectivity index (χ0) is 12.4. The van der Waals surface area contributed by atoms with E-state index in [-0.39, 0.29) is 11.6 Å². The van der Waals surface area contributed by atoms with Crippen LogP contribution in [0.2, 0.25) is 0 Å². The molecule has 0 aliphatic carbocycles. The summed E-state index contributed by atoms with van der Waals surface area (Å²) in [6, 6.07) is 0.137. The lowest BCUT2D eigenvalue weighted by Crippen LogP contribution is -2.51. The standard InChI is InChI=1S/C11H24N2O2S/c1-11(2,13(3)4)9-12-10-6-5-7-16(14,15)8-10/h10,12H,5-9H2,1-4H3. The molecule has 16 heavy (non-hydrogen) atoms. The van der Waals surface area contributed by atoms with E-state index in [1.165, 1.54) is 0 Å². The van der Waals surface area contributed by atoms with Gasteiger partial charge in [-0.25, -0.2) is 8.42 Å². The Bertz CT molecular complexity index is 323. The van der Waals surface area contributed by atoms with Crippen LogP contribution in [-0.2, 0) is 9.84 Å². The average molecular weight is 248 g/mol. The van der Waals surface area contributed by atoms with E-state index in [4.69, 9.17) is 0 Å². The van der Waals surface area contributed by atoms with Crippen LogP contribution in [0.1, 0.15) is 26.7 Å². The maximum atomic E-state index is 11.5. The summed E-state index contributed by atoms with van der Waals surface area (Å²) in [4.78, 5) is 2.15. The predicted molar refractivity (Wildman–Crippen MR) is 67.4 cm³/mol. The third-order valence-electron chi connectivity index (χ3n) is 3.50. The van der Waals surface area contributed by atoms with Crippen LogP contribution in [0.4, 0.5) is 0 Å². The summed E-state index contributed by atoms with van der Waals surface area (Å²) in [6.07, 6.45) is 1.77. The first kappa shape index (κ1) is 13.9. The molecule has 0 spiro atoms. The second kappa shape index (κ2) is 5.02. The molecule has 4 nitrogen and oxygen atoms in total. The predicted octanol–water partition coefficient (Wildman–Crippen LogP) is 0.493. The van der Waals surface area contributed by atoms with Crippen LogP contribution in [0.15, 0.2) is 0 Å². The molecule has 96 valence electrons. The summed E-state index contributed by atoms with van der Waals surface area (Å²) < 4.78 is 22.9. The van der Waals surface area contributed by atoms with Crippen LogP contribution < -0.4 is 5.32 Å². The van der Waals surface area contributed by atoms with Crippen LogP contribution in [0.3, 0.4) is 0 Å². The topological polar surface area (TPSA) is 49.4 Å². The lowest BCUT2D eigenvalue weighted by molar-refractivity contribution is 0.184. The molecular formula is C11H24N2O2S. The van der Waals surface area contributed by atoms with E-state index >= 15 is 0 Å². The normalized spacial score (nSPS) is 25.9. The molecule has 1 heterocycles. The van der Waals surface area contributed by atoms with Crippen molar-refractivity contribution in [3.63, 3.8) is 0 Å². The van der Waals surface area contributed by atoms with Crippen molar-refractivity contribution in [2.45, 2.75) is 38.3 Å². The highest BCUT2D eigenvalue weighted by Gasteiger charge is 2.27. The van der Waals surface area contributed by atoms with Gasteiger partial charge in [-0.05, 0) is 40.8 Å². The minimum Gasteiger partial charge on any atom is -0.311 e. The van der Waals surface area contributed by atoms with Gasteiger partial charge >= 0.3 is 0 Å². The minimum absolute atomic E-state index is 0.0568. The summed E-state index contributed by atoms with van der Waals surface area (Å²) in [7, 11) is 1.29. The van der Waals surface area contributed by atoms with Crippen molar-refractivity contribution in [3.05, 3.63) is 0 Å². The highest BCUT2D eigenvalue weighted by molar-refractivity contribution is 7.91. The fourth-order valence-electron chi connectivity index (χ4n) is 1.74. The van der Waals surface area contributed by atoms with Gasteiger partial charge in [-0.15, -0.1) is 0 Å². The molecule has 0 amide bonds. The molecule has 1 fully saturated rings. The van der Waals surface area contributed by atoms with E-state index in [0.717, 1.165) is 19.4 Å². The van der Waals surface area contributed by atoms with Crippen molar-refractivity contribution in [1.29, 1.82) is 0 Å². The summed E-state index contributed by atoms with van der Waals surface area (Å²) in [5, 5.41) is 3.38. The Labute approximate surface area is 99.3 Å². The van der Waals surface area contributed by atoms with Gasteiger partial charge in [0.15, 0.2) is 9.84 Å². The fraction of sp³-hybridized carbons (Fsp3) is 1.00. The van der Waals surface area contributed by atoms with Crippen LogP contribution in [0, 0.1) is 0 Å².